The highest BCUT2D eigenvalue weighted by Crippen LogP contribution is 2.30. The molecule has 0 unspecified atom stereocenters. The third kappa shape index (κ3) is 2.21. The van der Waals surface area contributed by atoms with E-state index in [1.54, 1.807) is 0 Å². The Morgan fingerprint density at radius 3 is 2.69 bits per heavy atom. The monoisotopic (exact) mass is 278 g/mol. The van der Waals surface area contributed by atoms with Crippen LogP contribution in [0.25, 0.3) is 10.7 Å². The number of rotatable bonds is 3. The minimum atomic E-state index is -4.15. The third-order valence-corrected chi connectivity index (χ3v) is 4.72. The Kier molecular flexibility index (Phi) is 2.93. The summed E-state index contributed by atoms with van der Waals surface area (Å²) in [7, 11) is -2.68. The van der Waals surface area contributed by atoms with Gasteiger partial charge in [-0.2, -0.15) is 17.8 Å². The molecule has 2 rings (SSSR count). The van der Waals surface area contributed by atoms with E-state index in [9.17, 15) is 8.42 Å². The highest BCUT2D eigenvalue weighted by molar-refractivity contribution is 7.88. The molecule has 0 aliphatic carbocycles. The zero-order valence-electron chi connectivity index (χ0n) is 7.95. The van der Waals surface area contributed by atoms with Crippen molar-refractivity contribution in [3.05, 3.63) is 12.1 Å². The lowest BCUT2D eigenvalue weighted by Crippen LogP contribution is -1.93. The van der Waals surface area contributed by atoms with E-state index in [0.29, 0.717) is 15.9 Å². The molecule has 0 amide bonds. The summed E-state index contributed by atoms with van der Waals surface area (Å²) in [6.45, 7) is 0. The molecule has 2 heterocycles. The SMILES string of the molecule is COc1nc(-c2ccc(S(=O)(=O)O)s2)ns1. The Hall–Kier alpha value is -1.03. The quantitative estimate of drug-likeness (QED) is 0.856. The molecule has 2 aromatic heterocycles. The summed E-state index contributed by atoms with van der Waals surface area (Å²) in [4.78, 5) is 4.58. The van der Waals surface area contributed by atoms with Crippen LogP contribution in [0.1, 0.15) is 0 Å². The van der Waals surface area contributed by atoms with E-state index in [2.05, 4.69) is 9.36 Å². The molecule has 0 aliphatic rings. The fourth-order valence-corrected chi connectivity index (χ4v) is 3.14. The van der Waals surface area contributed by atoms with Gasteiger partial charge >= 0.3 is 10.1 Å². The van der Waals surface area contributed by atoms with Crippen LogP contribution in [0, 0.1) is 0 Å². The van der Waals surface area contributed by atoms with E-state index in [1.807, 2.05) is 0 Å². The summed E-state index contributed by atoms with van der Waals surface area (Å²) < 4.78 is 39.2. The third-order valence-electron chi connectivity index (χ3n) is 1.64. The second kappa shape index (κ2) is 4.09. The number of nitrogens with zero attached hydrogens (tertiary/aromatic N) is 2. The Morgan fingerprint density at radius 2 is 2.19 bits per heavy atom. The number of hydrogen-bond acceptors (Lipinski definition) is 7. The van der Waals surface area contributed by atoms with Crippen LogP contribution in [0.5, 0.6) is 5.19 Å². The highest BCUT2D eigenvalue weighted by Gasteiger charge is 2.16. The van der Waals surface area contributed by atoms with E-state index >= 15 is 0 Å². The van der Waals surface area contributed by atoms with Gasteiger partial charge in [-0.15, -0.1) is 11.3 Å². The van der Waals surface area contributed by atoms with Crippen LogP contribution in [0.2, 0.25) is 0 Å². The topological polar surface area (TPSA) is 89.4 Å². The van der Waals surface area contributed by atoms with Crippen molar-refractivity contribution < 1.29 is 17.7 Å². The van der Waals surface area contributed by atoms with Gasteiger partial charge < -0.3 is 4.74 Å². The molecular formula is C7H6N2O4S3. The van der Waals surface area contributed by atoms with Gasteiger partial charge in [-0.1, -0.05) is 0 Å². The smallest absolute Gasteiger partial charge is 0.304 e. The predicted octanol–water partition coefficient (Wildman–Crippen LogP) is 1.52. The van der Waals surface area contributed by atoms with Crippen molar-refractivity contribution in [2.45, 2.75) is 4.21 Å². The lowest BCUT2D eigenvalue weighted by atomic mass is 10.4. The van der Waals surface area contributed by atoms with Gasteiger partial charge in [0.05, 0.1) is 12.0 Å². The summed E-state index contributed by atoms with van der Waals surface area (Å²) in [5.41, 5.74) is 0. The van der Waals surface area contributed by atoms with Crippen molar-refractivity contribution in [2.75, 3.05) is 7.11 Å². The minimum absolute atomic E-state index is 0.128. The zero-order valence-corrected chi connectivity index (χ0v) is 10.4. The molecule has 0 atom stereocenters. The maximum Gasteiger partial charge on any atom is 0.304 e. The van der Waals surface area contributed by atoms with Crippen LogP contribution in [-0.2, 0) is 10.1 Å². The van der Waals surface area contributed by atoms with Gasteiger partial charge in [0.2, 0.25) is 0 Å². The fraction of sp³-hybridized carbons (Fsp3) is 0.143. The molecule has 1 N–H and O–H groups in total. The maximum atomic E-state index is 10.8. The van der Waals surface area contributed by atoms with Crippen LogP contribution in [0.3, 0.4) is 0 Å². The van der Waals surface area contributed by atoms with Gasteiger partial charge in [-0.05, 0) is 12.1 Å². The molecule has 2 aromatic rings. The number of methoxy groups -OCH3 is 1. The summed E-state index contributed by atoms with van der Waals surface area (Å²) in [5, 5.41) is 0.400. The molecule has 0 bridgehead atoms. The first-order chi connectivity index (χ1) is 7.50. The number of thiophene rings is 1. The van der Waals surface area contributed by atoms with Crippen molar-refractivity contribution in [2.24, 2.45) is 0 Å². The summed E-state index contributed by atoms with van der Waals surface area (Å²) >= 11 is 1.98. The number of ether oxygens (including phenoxy) is 1. The molecule has 86 valence electrons. The van der Waals surface area contributed by atoms with Crippen LogP contribution in [-0.4, -0.2) is 29.4 Å². The Morgan fingerprint density at radius 1 is 1.44 bits per heavy atom. The molecule has 6 nitrogen and oxygen atoms in total. The summed E-state index contributed by atoms with van der Waals surface area (Å²) in [5.74, 6) is 0.391. The van der Waals surface area contributed by atoms with Crippen LogP contribution in [0.4, 0.5) is 0 Å². The van der Waals surface area contributed by atoms with Gasteiger partial charge in [-0.25, -0.2) is 0 Å². The molecule has 0 fully saturated rings. The van der Waals surface area contributed by atoms with Crippen molar-refractivity contribution in [1.29, 1.82) is 0 Å². The molecule has 9 heteroatoms. The van der Waals surface area contributed by atoms with Gasteiger partial charge in [0, 0.05) is 11.5 Å². The first kappa shape index (κ1) is 11.5. The summed E-state index contributed by atoms with van der Waals surface area (Å²) in [6, 6.07) is 2.85. The number of aromatic nitrogens is 2. The molecule has 0 spiro atoms. The van der Waals surface area contributed by atoms with Crippen LogP contribution >= 0.6 is 22.9 Å². The standard InChI is InChI=1S/C7H6N2O4S3/c1-13-7-8-6(9-15-7)4-2-3-5(14-4)16(10,11)12/h2-3H,1H3,(H,10,11,12). The average Bonchev–Trinajstić information content (AvgIpc) is 2.85. The maximum absolute atomic E-state index is 10.8. The Bertz CT molecular complexity index is 601. The van der Waals surface area contributed by atoms with Crippen molar-refractivity contribution in [1.82, 2.24) is 9.36 Å². The van der Waals surface area contributed by atoms with Gasteiger partial charge in [0.1, 0.15) is 4.21 Å². The number of hydrogen-bond donors (Lipinski definition) is 1. The van der Waals surface area contributed by atoms with Crippen molar-refractivity contribution in [3.63, 3.8) is 0 Å². The second-order valence-corrected chi connectivity index (χ2v) is 6.13. The Labute approximate surface area is 99.5 Å². The fourth-order valence-electron chi connectivity index (χ4n) is 0.972. The molecule has 0 saturated carbocycles. The van der Waals surface area contributed by atoms with E-state index in [-0.39, 0.29) is 4.21 Å². The van der Waals surface area contributed by atoms with Gasteiger partial charge in [0.15, 0.2) is 5.82 Å². The lowest BCUT2D eigenvalue weighted by molar-refractivity contribution is 0.412. The highest BCUT2D eigenvalue weighted by atomic mass is 32.3. The molecule has 0 radical (unpaired) electrons. The van der Waals surface area contributed by atoms with Gasteiger partial charge in [-0.3, -0.25) is 4.55 Å². The molecule has 0 aliphatic heterocycles. The average molecular weight is 278 g/mol. The summed E-state index contributed by atoms with van der Waals surface area (Å²) in [6.07, 6.45) is 0. The molecule has 0 aromatic carbocycles. The van der Waals surface area contributed by atoms with E-state index in [1.165, 1.54) is 19.2 Å². The van der Waals surface area contributed by atoms with Gasteiger partial charge in [0.25, 0.3) is 5.19 Å². The van der Waals surface area contributed by atoms with E-state index < -0.39 is 10.1 Å². The largest absolute Gasteiger partial charge is 0.472 e. The van der Waals surface area contributed by atoms with Crippen molar-refractivity contribution in [3.8, 4) is 15.9 Å². The first-order valence-corrected chi connectivity index (χ1v) is 6.99. The lowest BCUT2D eigenvalue weighted by Gasteiger charge is -1.88. The molecule has 16 heavy (non-hydrogen) atoms. The first-order valence-electron chi connectivity index (χ1n) is 3.96. The zero-order chi connectivity index (χ0) is 11.8. The van der Waals surface area contributed by atoms with E-state index in [0.717, 1.165) is 22.9 Å². The van der Waals surface area contributed by atoms with Crippen LogP contribution < -0.4 is 4.74 Å². The predicted molar refractivity (Wildman–Crippen MR) is 59.6 cm³/mol. The Balaban J connectivity index is 2.39. The molecule has 0 saturated heterocycles. The van der Waals surface area contributed by atoms with Crippen molar-refractivity contribution >= 4 is 33.0 Å². The minimum Gasteiger partial charge on any atom is -0.472 e. The normalized spacial score (nSPS) is 11.6. The van der Waals surface area contributed by atoms with Crippen LogP contribution in [0.15, 0.2) is 16.3 Å². The van der Waals surface area contributed by atoms with E-state index in [4.69, 9.17) is 9.29 Å². The second-order valence-electron chi connectivity index (χ2n) is 2.68. The molecular weight excluding hydrogens is 272 g/mol.